The van der Waals surface area contributed by atoms with Crippen LogP contribution in [0.1, 0.15) is 12.0 Å². The van der Waals surface area contributed by atoms with E-state index in [2.05, 4.69) is 0 Å². The number of hydrogen-bond acceptors (Lipinski definition) is 13. The van der Waals surface area contributed by atoms with Gasteiger partial charge in [-0.05, 0) is 17.7 Å². The second-order valence-electron chi connectivity index (χ2n) is 8.65. The molecule has 2 aliphatic rings. The van der Waals surface area contributed by atoms with Crippen LogP contribution in [0.15, 0.2) is 47.7 Å². The van der Waals surface area contributed by atoms with E-state index in [1.807, 2.05) is 0 Å². The molecule has 210 valence electrons. The fraction of sp³-hybridized carbons (Fsp3) is 0.520. The van der Waals surface area contributed by atoms with Crippen LogP contribution in [0.25, 0.3) is 0 Å². The third kappa shape index (κ3) is 7.08. The molecular weight excluding hydrogens is 508 g/mol. The predicted octanol–water partition coefficient (Wildman–Crippen LogP) is -1.37. The van der Waals surface area contributed by atoms with E-state index in [9.17, 15) is 40.2 Å². The number of esters is 2. The molecule has 1 saturated heterocycles. The minimum atomic E-state index is -1.74. The van der Waals surface area contributed by atoms with Crippen molar-refractivity contribution in [2.24, 2.45) is 5.92 Å². The summed E-state index contributed by atoms with van der Waals surface area (Å²) < 4.78 is 26.6. The molecular formula is C25H32O13. The van der Waals surface area contributed by atoms with Gasteiger partial charge in [0.2, 0.25) is 6.29 Å². The SMILES string of the molecule is COC(=O)C1=COC(OC2OC(CO)C(O)C(O)C2O)/C(=C/CO)[C@@H]1CC(=O)OCCc1ccc(O)cc1. The highest BCUT2D eigenvalue weighted by molar-refractivity contribution is 5.90. The van der Waals surface area contributed by atoms with Crippen molar-refractivity contribution in [3.05, 3.63) is 53.3 Å². The molecule has 1 aromatic carbocycles. The molecule has 0 spiro atoms. The highest BCUT2D eigenvalue weighted by Crippen LogP contribution is 2.36. The number of phenolic OH excluding ortho intramolecular Hbond substituents is 1. The van der Waals surface area contributed by atoms with E-state index in [1.54, 1.807) is 12.1 Å². The molecule has 0 amide bonds. The van der Waals surface area contributed by atoms with E-state index in [4.69, 9.17) is 23.7 Å². The minimum Gasteiger partial charge on any atom is -0.508 e. The lowest BCUT2D eigenvalue weighted by Gasteiger charge is -2.41. The Morgan fingerprint density at radius 3 is 2.39 bits per heavy atom. The number of benzene rings is 1. The van der Waals surface area contributed by atoms with Gasteiger partial charge in [0.15, 0.2) is 6.29 Å². The molecule has 2 aliphatic heterocycles. The van der Waals surface area contributed by atoms with Gasteiger partial charge in [0.05, 0.1) is 45.2 Å². The van der Waals surface area contributed by atoms with Crippen LogP contribution < -0.4 is 0 Å². The zero-order valence-corrected chi connectivity index (χ0v) is 20.6. The molecule has 0 radical (unpaired) electrons. The van der Waals surface area contributed by atoms with Gasteiger partial charge in [-0.2, -0.15) is 0 Å². The molecule has 38 heavy (non-hydrogen) atoms. The summed E-state index contributed by atoms with van der Waals surface area (Å²) in [4.78, 5) is 25.1. The number of methoxy groups -OCH3 is 1. The number of rotatable bonds is 10. The molecule has 2 heterocycles. The summed E-state index contributed by atoms with van der Waals surface area (Å²) in [7, 11) is 1.14. The van der Waals surface area contributed by atoms with Crippen LogP contribution in [0.2, 0.25) is 0 Å². The topological polar surface area (TPSA) is 202 Å². The van der Waals surface area contributed by atoms with Crippen molar-refractivity contribution in [1.82, 2.24) is 0 Å². The molecule has 13 heteroatoms. The second-order valence-corrected chi connectivity index (χ2v) is 8.65. The molecule has 0 aromatic heterocycles. The Morgan fingerprint density at radius 1 is 1.05 bits per heavy atom. The third-order valence-electron chi connectivity index (χ3n) is 6.18. The largest absolute Gasteiger partial charge is 0.508 e. The van der Waals surface area contributed by atoms with Crippen molar-refractivity contribution in [1.29, 1.82) is 0 Å². The number of aliphatic hydroxyl groups is 5. The van der Waals surface area contributed by atoms with E-state index in [-0.39, 0.29) is 29.9 Å². The first kappa shape index (κ1) is 29.5. The zero-order chi connectivity index (χ0) is 27.8. The van der Waals surface area contributed by atoms with Crippen LogP contribution in [0, 0.1) is 5.92 Å². The highest BCUT2D eigenvalue weighted by atomic mass is 16.8. The van der Waals surface area contributed by atoms with E-state index < -0.39 is 68.1 Å². The van der Waals surface area contributed by atoms with Crippen LogP contribution in [0.4, 0.5) is 0 Å². The molecule has 1 fully saturated rings. The quantitative estimate of drug-likeness (QED) is 0.150. The molecule has 6 unspecified atom stereocenters. The highest BCUT2D eigenvalue weighted by Gasteiger charge is 2.47. The van der Waals surface area contributed by atoms with E-state index in [0.717, 1.165) is 18.9 Å². The van der Waals surface area contributed by atoms with Gasteiger partial charge in [-0.25, -0.2) is 4.79 Å². The summed E-state index contributed by atoms with van der Waals surface area (Å²) in [5.41, 5.74) is 0.879. The fourth-order valence-electron chi connectivity index (χ4n) is 4.10. The van der Waals surface area contributed by atoms with E-state index >= 15 is 0 Å². The maximum absolute atomic E-state index is 12.7. The van der Waals surface area contributed by atoms with Crippen LogP contribution in [0.3, 0.4) is 0 Å². The number of aromatic hydroxyl groups is 1. The summed E-state index contributed by atoms with van der Waals surface area (Å²) in [5.74, 6) is -2.39. The van der Waals surface area contributed by atoms with Crippen molar-refractivity contribution in [3.63, 3.8) is 0 Å². The van der Waals surface area contributed by atoms with Gasteiger partial charge < -0.3 is 54.3 Å². The Kier molecular flexibility index (Phi) is 10.6. The lowest BCUT2D eigenvalue weighted by atomic mass is 9.86. The average molecular weight is 541 g/mol. The zero-order valence-electron chi connectivity index (χ0n) is 20.6. The number of ether oxygens (including phenoxy) is 5. The maximum atomic E-state index is 12.7. The van der Waals surface area contributed by atoms with Crippen molar-refractivity contribution in [2.45, 2.75) is 49.8 Å². The lowest BCUT2D eigenvalue weighted by molar-refractivity contribution is -0.327. The normalized spacial score (nSPS) is 30.3. The van der Waals surface area contributed by atoms with Gasteiger partial charge in [0, 0.05) is 17.9 Å². The molecule has 13 nitrogen and oxygen atoms in total. The second kappa shape index (κ2) is 13.7. The maximum Gasteiger partial charge on any atom is 0.337 e. The Hall–Kier alpha value is -3.04. The average Bonchev–Trinajstić information content (AvgIpc) is 2.91. The molecule has 0 aliphatic carbocycles. The number of aliphatic hydroxyl groups excluding tert-OH is 5. The van der Waals surface area contributed by atoms with Gasteiger partial charge in [-0.3, -0.25) is 4.79 Å². The summed E-state index contributed by atoms with van der Waals surface area (Å²) in [6.45, 7) is -1.19. The molecule has 6 N–H and O–H groups in total. The molecule has 1 aromatic rings. The molecule has 0 bridgehead atoms. The smallest absolute Gasteiger partial charge is 0.337 e. The number of carbonyl (C=O) groups is 2. The van der Waals surface area contributed by atoms with E-state index in [1.165, 1.54) is 18.2 Å². The van der Waals surface area contributed by atoms with Crippen molar-refractivity contribution in [3.8, 4) is 5.75 Å². The Bertz CT molecular complexity index is 1000. The fourth-order valence-corrected chi connectivity index (χ4v) is 4.10. The third-order valence-corrected chi connectivity index (χ3v) is 6.18. The van der Waals surface area contributed by atoms with Gasteiger partial charge in [0.25, 0.3) is 0 Å². The van der Waals surface area contributed by atoms with Crippen LogP contribution in [0.5, 0.6) is 5.75 Å². The number of carbonyl (C=O) groups excluding carboxylic acids is 2. The Balaban J connectivity index is 1.75. The minimum absolute atomic E-state index is 0.0218. The Labute approximate surface area is 218 Å². The number of hydrogen-bond donors (Lipinski definition) is 6. The summed E-state index contributed by atoms with van der Waals surface area (Å²) in [5, 5.41) is 58.8. The van der Waals surface area contributed by atoms with Gasteiger partial charge in [-0.1, -0.05) is 18.2 Å². The van der Waals surface area contributed by atoms with Crippen molar-refractivity contribution in [2.75, 3.05) is 26.9 Å². The monoisotopic (exact) mass is 540 g/mol. The predicted molar refractivity (Wildman–Crippen MR) is 126 cm³/mol. The van der Waals surface area contributed by atoms with Gasteiger partial charge >= 0.3 is 11.9 Å². The summed E-state index contributed by atoms with van der Waals surface area (Å²) in [6, 6.07) is 6.38. The van der Waals surface area contributed by atoms with Gasteiger partial charge in [-0.15, -0.1) is 0 Å². The standard InChI is InChI=1S/C25H32O13/c1-34-23(33)17-12-36-24(38-25-22(32)21(31)20(30)18(11-27)37-25)15(6-8-26)16(17)10-19(29)35-9-7-13-2-4-14(28)5-3-13/h2-6,12,16,18,20-22,24-28,30-32H,7-11H2,1H3/b15-6+/t16-,18?,20?,21?,22?,24?,25?/m0/s1. The molecule has 0 saturated carbocycles. The van der Waals surface area contributed by atoms with E-state index in [0.29, 0.717) is 6.42 Å². The first-order chi connectivity index (χ1) is 18.2. The van der Waals surface area contributed by atoms with Crippen LogP contribution in [-0.4, -0.2) is 107 Å². The molecule has 7 atom stereocenters. The summed E-state index contributed by atoms with van der Waals surface area (Å²) in [6.07, 6.45) is -6.99. The van der Waals surface area contributed by atoms with Gasteiger partial charge in [0.1, 0.15) is 30.2 Å². The summed E-state index contributed by atoms with van der Waals surface area (Å²) >= 11 is 0. The Morgan fingerprint density at radius 2 is 1.76 bits per heavy atom. The van der Waals surface area contributed by atoms with Crippen molar-refractivity contribution < 1.29 is 63.9 Å². The number of phenols is 1. The first-order valence-electron chi connectivity index (χ1n) is 11.8. The van der Waals surface area contributed by atoms with Crippen molar-refractivity contribution >= 4 is 11.9 Å². The molecule has 3 rings (SSSR count). The van der Waals surface area contributed by atoms with Crippen LogP contribution >= 0.6 is 0 Å². The lowest BCUT2D eigenvalue weighted by Crippen LogP contribution is -2.60. The first-order valence-corrected chi connectivity index (χ1v) is 11.8. The van der Waals surface area contributed by atoms with Crippen LogP contribution in [-0.2, 0) is 39.7 Å².